The largest absolute Gasteiger partial charge is 0.478 e. The quantitative estimate of drug-likeness (QED) is 0.690. The van der Waals surface area contributed by atoms with Crippen LogP contribution in [-0.4, -0.2) is 28.9 Å². The average molecular weight is 390 g/mol. The fourth-order valence-corrected chi connectivity index (χ4v) is 4.25. The third kappa shape index (κ3) is 5.30. The van der Waals surface area contributed by atoms with E-state index in [9.17, 15) is 18.8 Å². The first-order valence-corrected chi connectivity index (χ1v) is 10.1. The number of carbonyl (C=O) groups is 3. The highest BCUT2D eigenvalue weighted by molar-refractivity contribution is 5.94. The molecule has 0 saturated heterocycles. The second kappa shape index (κ2) is 9.17. The molecule has 2 aliphatic rings. The Labute approximate surface area is 163 Å². The van der Waals surface area contributed by atoms with Crippen LogP contribution in [0.2, 0.25) is 0 Å². The molecule has 2 saturated carbocycles. The van der Waals surface area contributed by atoms with Crippen LogP contribution < -0.4 is 10.6 Å². The highest BCUT2D eigenvalue weighted by Crippen LogP contribution is 2.29. The third-order valence-electron chi connectivity index (χ3n) is 5.89. The second-order valence-electron chi connectivity index (χ2n) is 7.96. The van der Waals surface area contributed by atoms with Crippen LogP contribution >= 0.6 is 0 Å². The van der Waals surface area contributed by atoms with Crippen LogP contribution in [0.5, 0.6) is 0 Å². The van der Waals surface area contributed by atoms with E-state index in [-0.39, 0.29) is 35.0 Å². The van der Waals surface area contributed by atoms with Crippen LogP contribution in [0.25, 0.3) is 0 Å². The molecular weight excluding hydrogens is 363 g/mol. The van der Waals surface area contributed by atoms with Gasteiger partial charge in [-0.2, -0.15) is 0 Å². The number of hydrogen-bond donors (Lipinski definition) is 3. The SMILES string of the molecule is O=C(CC1CCCC1)NC1CCC(C(=O)Nc2ccc(C(=O)O)cc2F)CC1. The highest BCUT2D eigenvalue weighted by Gasteiger charge is 2.28. The molecular formula is C21H27FN2O4. The van der Waals surface area contributed by atoms with Crippen molar-refractivity contribution in [3.05, 3.63) is 29.6 Å². The molecule has 0 atom stereocenters. The van der Waals surface area contributed by atoms with Gasteiger partial charge >= 0.3 is 5.97 Å². The zero-order valence-corrected chi connectivity index (χ0v) is 15.9. The molecule has 3 rings (SSSR count). The molecule has 2 aliphatic carbocycles. The number of nitrogens with one attached hydrogen (secondary N) is 2. The van der Waals surface area contributed by atoms with Crippen LogP contribution in [0, 0.1) is 17.7 Å². The first kappa shape index (κ1) is 20.3. The molecule has 7 heteroatoms. The lowest BCUT2D eigenvalue weighted by Crippen LogP contribution is -2.40. The minimum atomic E-state index is -1.22. The van der Waals surface area contributed by atoms with Gasteiger partial charge in [0.1, 0.15) is 5.82 Å². The molecule has 0 bridgehead atoms. The zero-order valence-electron chi connectivity index (χ0n) is 15.9. The van der Waals surface area contributed by atoms with E-state index in [2.05, 4.69) is 10.6 Å². The molecule has 0 unspecified atom stereocenters. The molecule has 0 spiro atoms. The Morgan fingerprint density at radius 1 is 1.04 bits per heavy atom. The van der Waals surface area contributed by atoms with Crippen molar-refractivity contribution in [1.29, 1.82) is 0 Å². The summed E-state index contributed by atoms with van der Waals surface area (Å²) < 4.78 is 14.0. The summed E-state index contributed by atoms with van der Waals surface area (Å²) in [5.41, 5.74) is -0.175. The Morgan fingerprint density at radius 2 is 1.71 bits per heavy atom. The van der Waals surface area contributed by atoms with E-state index in [4.69, 9.17) is 5.11 Å². The van der Waals surface area contributed by atoms with Crippen LogP contribution in [-0.2, 0) is 9.59 Å². The first-order valence-electron chi connectivity index (χ1n) is 10.1. The number of amides is 2. The highest BCUT2D eigenvalue weighted by atomic mass is 19.1. The standard InChI is InChI=1S/C21H27FN2O4/c22-17-12-15(21(27)28)7-10-18(17)24-20(26)14-5-8-16(9-6-14)23-19(25)11-13-3-1-2-4-13/h7,10,12-14,16H,1-6,8-9,11H2,(H,23,25)(H,24,26)(H,27,28). The maximum absolute atomic E-state index is 14.0. The van der Waals surface area contributed by atoms with Crippen LogP contribution in [0.15, 0.2) is 18.2 Å². The van der Waals surface area contributed by atoms with Crippen molar-refractivity contribution in [2.75, 3.05) is 5.32 Å². The molecule has 1 aromatic carbocycles. The van der Waals surface area contributed by atoms with Crippen molar-refractivity contribution in [2.45, 2.75) is 63.8 Å². The van der Waals surface area contributed by atoms with Gasteiger partial charge in [-0.1, -0.05) is 12.8 Å². The summed E-state index contributed by atoms with van der Waals surface area (Å²) in [6.07, 6.45) is 8.06. The number of aromatic carboxylic acids is 1. The third-order valence-corrected chi connectivity index (χ3v) is 5.89. The molecule has 1 aromatic rings. The number of benzene rings is 1. The number of hydrogen-bond acceptors (Lipinski definition) is 3. The van der Waals surface area contributed by atoms with Crippen molar-refractivity contribution in [3.8, 4) is 0 Å². The normalized spacial score (nSPS) is 22.6. The molecule has 2 amide bonds. The number of anilines is 1. The van der Waals surface area contributed by atoms with Crippen molar-refractivity contribution in [2.24, 2.45) is 11.8 Å². The van der Waals surface area contributed by atoms with E-state index >= 15 is 0 Å². The lowest BCUT2D eigenvalue weighted by molar-refractivity contribution is -0.123. The van der Waals surface area contributed by atoms with Crippen molar-refractivity contribution < 1.29 is 23.9 Å². The zero-order chi connectivity index (χ0) is 20.1. The van der Waals surface area contributed by atoms with Gasteiger partial charge in [-0.15, -0.1) is 0 Å². The summed E-state index contributed by atoms with van der Waals surface area (Å²) in [5, 5.41) is 14.5. The van der Waals surface area contributed by atoms with E-state index in [1.54, 1.807) is 0 Å². The lowest BCUT2D eigenvalue weighted by atomic mass is 9.85. The fraction of sp³-hybridized carbons (Fsp3) is 0.571. The summed E-state index contributed by atoms with van der Waals surface area (Å²) in [4.78, 5) is 35.4. The molecule has 0 aromatic heterocycles. The minimum Gasteiger partial charge on any atom is -0.478 e. The van der Waals surface area contributed by atoms with Gasteiger partial charge in [0.2, 0.25) is 11.8 Å². The molecule has 152 valence electrons. The Morgan fingerprint density at radius 3 is 2.32 bits per heavy atom. The Kier molecular flexibility index (Phi) is 6.65. The first-order chi connectivity index (χ1) is 13.4. The minimum absolute atomic E-state index is 0.0120. The number of carbonyl (C=O) groups excluding carboxylic acids is 2. The van der Waals surface area contributed by atoms with Gasteiger partial charge in [0, 0.05) is 18.4 Å². The Hall–Kier alpha value is -2.44. The summed E-state index contributed by atoms with van der Waals surface area (Å²) >= 11 is 0. The van der Waals surface area contributed by atoms with Crippen LogP contribution in [0.1, 0.15) is 68.1 Å². The van der Waals surface area contributed by atoms with Gasteiger partial charge in [-0.25, -0.2) is 9.18 Å². The van der Waals surface area contributed by atoms with Crippen LogP contribution in [0.3, 0.4) is 0 Å². The van der Waals surface area contributed by atoms with E-state index in [1.165, 1.54) is 25.0 Å². The van der Waals surface area contributed by atoms with Crippen LogP contribution in [0.4, 0.5) is 10.1 Å². The molecule has 0 aliphatic heterocycles. The number of carboxylic acid groups (broad SMARTS) is 1. The molecule has 6 nitrogen and oxygen atoms in total. The van der Waals surface area contributed by atoms with Gasteiger partial charge in [0.05, 0.1) is 11.3 Å². The predicted molar refractivity (Wildman–Crippen MR) is 102 cm³/mol. The Balaban J connectivity index is 1.44. The average Bonchev–Trinajstić information content (AvgIpc) is 3.16. The smallest absolute Gasteiger partial charge is 0.335 e. The maximum Gasteiger partial charge on any atom is 0.335 e. The topological polar surface area (TPSA) is 95.5 Å². The van der Waals surface area contributed by atoms with E-state index < -0.39 is 11.8 Å². The van der Waals surface area contributed by atoms with E-state index in [0.29, 0.717) is 25.2 Å². The fourth-order valence-electron chi connectivity index (χ4n) is 4.25. The molecule has 0 heterocycles. The monoisotopic (exact) mass is 390 g/mol. The van der Waals surface area contributed by atoms with Crippen molar-refractivity contribution in [3.63, 3.8) is 0 Å². The number of rotatable bonds is 6. The van der Waals surface area contributed by atoms with Gasteiger partial charge in [-0.3, -0.25) is 9.59 Å². The van der Waals surface area contributed by atoms with Gasteiger partial charge in [0.25, 0.3) is 0 Å². The van der Waals surface area contributed by atoms with E-state index in [1.807, 2.05) is 0 Å². The maximum atomic E-state index is 14.0. The van der Waals surface area contributed by atoms with Gasteiger partial charge in [0.15, 0.2) is 0 Å². The van der Waals surface area contributed by atoms with Gasteiger partial charge < -0.3 is 15.7 Å². The summed E-state index contributed by atoms with van der Waals surface area (Å²) in [6, 6.07) is 3.53. The lowest BCUT2D eigenvalue weighted by Gasteiger charge is -2.28. The molecule has 3 N–H and O–H groups in total. The summed E-state index contributed by atoms with van der Waals surface area (Å²) in [6.45, 7) is 0. The Bertz CT molecular complexity index is 738. The number of carboxylic acids is 1. The predicted octanol–water partition coefficient (Wildman–Crippen LogP) is 3.72. The molecule has 28 heavy (non-hydrogen) atoms. The molecule has 0 radical (unpaired) electrons. The number of halogens is 1. The van der Waals surface area contributed by atoms with Gasteiger partial charge in [-0.05, 0) is 62.6 Å². The summed E-state index contributed by atoms with van der Waals surface area (Å²) in [7, 11) is 0. The van der Waals surface area contributed by atoms with Crippen molar-refractivity contribution >= 4 is 23.5 Å². The summed E-state index contributed by atoms with van der Waals surface area (Å²) in [5.74, 6) is -1.85. The van der Waals surface area contributed by atoms with Crippen molar-refractivity contribution in [1.82, 2.24) is 5.32 Å². The second-order valence-corrected chi connectivity index (χ2v) is 7.96. The van der Waals surface area contributed by atoms with E-state index in [0.717, 1.165) is 31.7 Å². The molecule has 2 fully saturated rings.